The van der Waals surface area contributed by atoms with Gasteiger partial charge in [-0.05, 0) is 80.9 Å². The van der Waals surface area contributed by atoms with Crippen LogP contribution in [0.2, 0.25) is 0 Å². The number of alkyl halides is 6. The van der Waals surface area contributed by atoms with Crippen LogP contribution < -0.4 is 0 Å². The molecule has 0 heterocycles. The third-order valence-corrected chi connectivity index (χ3v) is 6.41. The summed E-state index contributed by atoms with van der Waals surface area (Å²) in [6.45, 7) is 7.54. The van der Waals surface area contributed by atoms with Crippen LogP contribution in [-0.4, -0.2) is 0 Å². The van der Waals surface area contributed by atoms with Crippen molar-refractivity contribution in [1.82, 2.24) is 0 Å². The van der Waals surface area contributed by atoms with Gasteiger partial charge in [-0.15, -0.1) is 0 Å². The lowest BCUT2D eigenvalue weighted by Gasteiger charge is -2.10. The van der Waals surface area contributed by atoms with Gasteiger partial charge in [-0.2, -0.15) is 26.3 Å². The van der Waals surface area contributed by atoms with Gasteiger partial charge >= 0.3 is 12.4 Å². The van der Waals surface area contributed by atoms with Crippen molar-refractivity contribution in [3.8, 4) is 39.4 Å². The average Bonchev–Trinajstić information content (AvgIpc) is 3.21. The number of nitrogens with zero attached hydrogens (tertiary/aromatic N) is 2. The Morgan fingerprint density at radius 1 is 0.579 bits per heavy atom. The third-order valence-electron chi connectivity index (χ3n) is 6.41. The number of fused-ring (bicyclic) bond motifs is 3. The van der Waals surface area contributed by atoms with E-state index < -0.39 is 23.5 Å². The Morgan fingerprint density at radius 3 is 1.26 bits per heavy atom. The first-order valence-corrected chi connectivity index (χ1v) is 11.2. The number of hydrogen-bond donors (Lipinski definition) is 0. The van der Waals surface area contributed by atoms with Crippen molar-refractivity contribution < 1.29 is 26.3 Å². The molecule has 0 N–H and O–H groups in total. The second kappa shape index (κ2) is 8.93. The van der Waals surface area contributed by atoms with Crippen molar-refractivity contribution in [2.24, 2.45) is 0 Å². The van der Waals surface area contributed by atoms with Crippen LogP contribution in [0.3, 0.4) is 0 Å². The van der Waals surface area contributed by atoms with E-state index in [1.165, 1.54) is 24.3 Å². The highest BCUT2D eigenvalue weighted by Crippen LogP contribution is 2.48. The van der Waals surface area contributed by atoms with Crippen LogP contribution in [0.25, 0.3) is 43.8 Å². The maximum Gasteiger partial charge on any atom is 0.416 e. The lowest BCUT2D eigenvalue weighted by Crippen LogP contribution is -2.03. The molecular formula is C30H14F6N2. The molecule has 0 atom stereocenters. The number of allylic oxidation sites excluding steroid dienone is 1. The second-order valence-corrected chi connectivity index (χ2v) is 8.62. The number of benzene rings is 4. The van der Waals surface area contributed by atoms with E-state index in [0.717, 1.165) is 35.4 Å². The first kappa shape index (κ1) is 24.9. The van der Waals surface area contributed by atoms with Gasteiger partial charge in [-0.1, -0.05) is 48.5 Å². The highest BCUT2D eigenvalue weighted by Gasteiger charge is 2.31. The molecule has 0 radical (unpaired) electrons. The molecule has 4 aromatic rings. The van der Waals surface area contributed by atoms with E-state index >= 15 is 0 Å². The summed E-state index contributed by atoms with van der Waals surface area (Å²) in [5, 5.41) is 9.69. The fourth-order valence-electron chi connectivity index (χ4n) is 4.57. The summed E-state index contributed by atoms with van der Waals surface area (Å²) in [7, 11) is 0. The molecule has 1 aliphatic rings. The first-order chi connectivity index (χ1) is 18.0. The summed E-state index contributed by atoms with van der Waals surface area (Å²) in [6.07, 6.45) is -8.92. The van der Waals surface area contributed by atoms with E-state index in [4.69, 9.17) is 6.57 Å². The Bertz CT molecular complexity index is 1550. The lowest BCUT2D eigenvalue weighted by atomic mass is 9.95. The van der Waals surface area contributed by atoms with Crippen LogP contribution in [0, 0.1) is 17.9 Å². The summed E-state index contributed by atoms with van der Waals surface area (Å²) >= 11 is 0. The van der Waals surface area contributed by atoms with E-state index in [1.807, 2.05) is 6.07 Å². The molecule has 0 saturated carbocycles. The molecular weight excluding hydrogens is 502 g/mol. The van der Waals surface area contributed by atoms with Crippen LogP contribution in [0.15, 0.2) is 90.6 Å². The number of hydrogen-bond acceptors (Lipinski definition) is 1. The monoisotopic (exact) mass is 516 g/mol. The van der Waals surface area contributed by atoms with Crippen molar-refractivity contribution in [3.63, 3.8) is 0 Å². The smallest absolute Gasteiger partial charge is 0.226 e. The molecule has 0 aromatic heterocycles. The molecule has 0 bridgehead atoms. The van der Waals surface area contributed by atoms with Crippen molar-refractivity contribution in [3.05, 3.63) is 124 Å². The van der Waals surface area contributed by atoms with E-state index in [0.29, 0.717) is 39.0 Å². The predicted molar refractivity (Wildman–Crippen MR) is 131 cm³/mol. The van der Waals surface area contributed by atoms with Gasteiger partial charge in [0.25, 0.3) is 5.70 Å². The summed E-state index contributed by atoms with van der Waals surface area (Å²) in [5.74, 6) is 0. The van der Waals surface area contributed by atoms with Crippen LogP contribution in [-0.2, 0) is 12.4 Å². The number of rotatable bonds is 2. The van der Waals surface area contributed by atoms with Gasteiger partial charge in [0, 0.05) is 5.57 Å². The minimum Gasteiger partial charge on any atom is -0.226 e. The predicted octanol–water partition coefficient (Wildman–Crippen LogP) is 9.24. The maximum atomic E-state index is 13.0. The average molecular weight is 516 g/mol. The fraction of sp³-hybridized carbons (Fsp3) is 0.0667. The van der Waals surface area contributed by atoms with Crippen molar-refractivity contribution in [1.29, 1.82) is 5.26 Å². The maximum absolute atomic E-state index is 13.0. The molecule has 0 saturated heterocycles. The lowest BCUT2D eigenvalue weighted by molar-refractivity contribution is -0.138. The van der Waals surface area contributed by atoms with Crippen molar-refractivity contribution in [2.45, 2.75) is 12.4 Å². The van der Waals surface area contributed by atoms with E-state index in [-0.39, 0.29) is 5.70 Å². The molecule has 5 rings (SSSR count). The molecule has 0 fully saturated rings. The molecule has 0 unspecified atom stereocenters. The van der Waals surface area contributed by atoms with Gasteiger partial charge in [-0.3, -0.25) is 0 Å². The zero-order chi connectivity index (χ0) is 27.2. The van der Waals surface area contributed by atoms with Gasteiger partial charge in [-0.25, -0.2) is 10.1 Å². The van der Waals surface area contributed by atoms with Crippen LogP contribution >= 0.6 is 0 Å². The summed E-state index contributed by atoms with van der Waals surface area (Å²) in [4.78, 5) is 3.39. The fourth-order valence-corrected chi connectivity index (χ4v) is 4.57. The minimum atomic E-state index is -4.46. The standard InChI is InChI=1S/C30H14F6N2/c1-38-27(16-37)28-25-14-19(17-2-8-21(9-3-17)29(31,32)33)6-12-23(25)24-13-7-20(15-26(24)28)18-4-10-22(11-5-18)30(34,35)36/h2-15H. The van der Waals surface area contributed by atoms with Gasteiger partial charge < -0.3 is 0 Å². The quantitative estimate of drug-likeness (QED) is 0.131. The number of nitriles is 1. The summed E-state index contributed by atoms with van der Waals surface area (Å²) in [6, 6.07) is 21.8. The Balaban J connectivity index is 1.62. The Labute approximate surface area is 213 Å². The molecule has 38 heavy (non-hydrogen) atoms. The highest BCUT2D eigenvalue weighted by molar-refractivity contribution is 6.05. The van der Waals surface area contributed by atoms with Crippen LogP contribution in [0.4, 0.5) is 26.3 Å². The molecule has 0 aliphatic heterocycles. The van der Waals surface area contributed by atoms with Gasteiger partial charge in [0.1, 0.15) is 0 Å². The zero-order valence-corrected chi connectivity index (χ0v) is 19.2. The topological polar surface area (TPSA) is 28.1 Å². The first-order valence-electron chi connectivity index (χ1n) is 11.2. The Kier molecular flexibility index (Phi) is 5.84. The Hall–Kier alpha value is -4.82. The molecule has 4 aromatic carbocycles. The summed E-state index contributed by atoms with van der Waals surface area (Å²) in [5.41, 5.74) is 3.56. The second-order valence-electron chi connectivity index (χ2n) is 8.62. The molecule has 0 amide bonds. The van der Waals surface area contributed by atoms with Crippen LogP contribution in [0.1, 0.15) is 22.3 Å². The van der Waals surface area contributed by atoms with Crippen molar-refractivity contribution in [2.75, 3.05) is 0 Å². The van der Waals surface area contributed by atoms with Crippen molar-refractivity contribution >= 4 is 5.57 Å². The van der Waals surface area contributed by atoms with E-state index in [9.17, 15) is 31.6 Å². The molecule has 2 nitrogen and oxygen atoms in total. The van der Waals surface area contributed by atoms with Gasteiger partial charge in [0.05, 0.1) is 23.8 Å². The Morgan fingerprint density at radius 2 is 0.947 bits per heavy atom. The highest BCUT2D eigenvalue weighted by atomic mass is 19.4. The third kappa shape index (κ3) is 4.31. The normalized spacial score (nSPS) is 12.4. The van der Waals surface area contributed by atoms with Crippen LogP contribution in [0.5, 0.6) is 0 Å². The summed E-state index contributed by atoms with van der Waals surface area (Å²) < 4.78 is 77.9. The SMILES string of the molecule is [C-]#[N+]C(C#N)=C1c2cc(-c3ccc(C(F)(F)F)cc3)ccc2-c2ccc(-c3ccc(C(F)(F)F)cc3)cc21. The van der Waals surface area contributed by atoms with E-state index in [2.05, 4.69) is 4.85 Å². The number of halogens is 6. The molecule has 8 heteroatoms. The van der Waals surface area contributed by atoms with E-state index in [1.54, 1.807) is 36.4 Å². The zero-order valence-electron chi connectivity index (χ0n) is 19.2. The van der Waals surface area contributed by atoms with Gasteiger partial charge in [0.15, 0.2) is 0 Å². The largest absolute Gasteiger partial charge is 0.416 e. The molecule has 0 spiro atoms. The molecule has 186 valence electrons. The minimum absolute atomic E-state index is 0.167. The van der Waals surface area contributed by atoms with Gasteiger partial charge in [0.2, 0.25) is 0 Å². The molecule has 1 aliphatic carbocycles.